The van der Waals surface area contributed by atoms with Crippen LogP contribution in [0.1, 0.15) is 18.2 Å². The number of rotatable bonds is 7. The standard InChI is InChI=1S/C16H20N2O2/c1-3-20-12-13-7-4-5-9-15(13)17-11-14-8-6-10-16(18-14)19-2/h4-10,17H,3,11-12H2,1-2H3. The van der Waals surface area contributed by atoms with Crippen LogP contribution >= 0.6 is 0 Å². The van der Waals surface area contributed by atoms with Crippen molar-refractivity contribution in [1.29, 1.82) is 0 Å². The van der Waals surface area contributed by atoms with Crippen molar-refractivity contribution in [2.24, 2.45) is 0 Å². The van der Waals surface area contributed by atoms with Gasteiger partial charge in [0.1, 0.15) is 0 Å². The molecule has 0 saturated heterocycles. The summed E-state index contributed by atoms with van der Waals surface area (Å²) in [5.41, 5.74) is 3.17. The molecule has 0 aliphatic rings. The first-order valence-corrected chi connectivity index (χ1v) is 6.73. The molecule has 2 rings (SSSR count). The molecule has 2 aromatic rings. The molecule has 1 aromatic carbocycles. The maximum absolute atomic E-state index is 5.47. The lowest BCUT2D eigenvalue weighted by atomic mass is 10.2. The van der Waals surface area contributed by atoms with Crippen LogP contribution in [0.5, 0.6) is 5.88 Å². The van der Waals surface area contributed by atoms with Crippen molar-refractivity contribution >= 4 is 5.69 Å². The summed E-state index contributed by atoms with van der Waals surface area (Å²) in [5.74, 6) is 0.631. The summed E-state index contributed by atoms with van der Waals surface area (Å²) in [5, 5.41) is 3.39. The lowest BCUT2D eigenvalue weighted by molar-refractivity contribution is 0.134. The van der Waals surface area contributed by atoms with Gasteiger partial charge in [0.05, 0.1) is 26.0 Å². The van der Waals surface area contributed by atoms with Crippen molar-refractivity contribution < 1.29 is 9.47 Å². The number of aromatic nitrogens is 1. The van der Waals surface area contributed by atoms with Crippen molar-refractivity contribution in [2.45, 2.75) is 20.1 Å². The van der Waals surface area contributed by atoms with Gasteiger partial charge in [0.25, 0.3) is 0 Å². The van der Waals surface area contributed by atoms with Gasteiger partial charge in [-0.25, -0.2) is 4.98 Å². The minimum Gasteiger partial charge on any atom is -0.481 e. The third-order valence-corrected chi connectivity index (χ3v) is 2.93. The molecule has 4 heteroatoms. The maximum atomic E-state index is 5.47. The highest BCUT2D eigenvalue weighted by Crippen LogP contribution is 2.17. The van der Waals surface area contributed by atoms with E-state index in [0.717, 1.165) is 16.9 Å². The van der Waals surface area contributed by atoms with Crippen LogP contribution in [-0.2, 0) is 17.9 Å². The van der Waals surface area contributed by atoms with Crippen molar-refractivity contribution in [3.8, 4) is 5.88 Å². The Hall–Kier alpha value is -2.07. The second-order valence-corrected chi connectivity index (χ2v) is 4.32. The third-order valence-electron chi connectivity index (χ3n) is 2.93. The molecule has 0 radical (unpaired) electrons. The number of pyridine rings is 1. The van der Waals surface area contributed by atoms with Crippen molar-refractivity contribution in [3.05, 3.63) is 53.7 Å². The van der Waals surface area contributed by atoms with E-state index in [1.54, 1.807) is 7.11 Å². The molecule has 0 amide bonds. The highest BCUT2D eigenvalue weighted by atomic mass is 16.5. The Morgan fingerprint density at radius 2 is 1.95 bits per heavy atom. The topological polar surface area (TPSA) is 43.4 Å². The molecule has 1 N–H and O–H groups in total. The number of nitrogens with one attached hydrogen (secondary N) is 1. The van der Waals surface area contributed by atoms with Crippen molar-refractivity contribution in [1.82, 2.24) is 4.98 Å². The van der Waals surface area contributed by atoms with E-state index < -0.39 is 0 Å². The number of benzene rings is 1. The number of methoxy groups -OCH3 is 1. The van der Waals surface area contributed by atoms with Crippen LogP contribution in [0.2, 0.25) is 0 Å². The van der Waals surface area contributed by atoms with Gasteiger partial charge in [0.2, 0.25) is 5.88 Å². The fourth-order valence-electron chi connectivity index (χ4n) is 1.89. The summed E-state index contributed by atoms with van der Waals surface area (Å²) in [6, 6.07) is 13.9. The van der Waals surface area contributed by atoms with E-state index >= 15 is 0 Å². The molecule has 0 aliphatic carbocycles. The van der Waals surface area contributed by atoms with Crippen LogP contribution in [0.4, 0.5) is 5.69 Å². The minimum atomic E-state index is 0.616. The van der Waals surface area contributed by atoms with E-state index in [-0.39, 0.29) is 0 Å². The van der Waals surface area contributed by atoms with Gasteiger partial charge in [-0.3, -0.25) is 0 Å². The maximum Gasteiger partial charge on any atom is 0.213 e. The van der Waals surface area contributed by atoms with Gasteiger partial charge in [0, 0.05) is 23.9 Å². The van der Waals surface area contributed by atoms with E-state index in [9.17, 15) is 0 Å². The molecule has 0 fully saturated rings. The molecule has 1 heterocycles. The van der Waals surface area contributed by atoms with Gasteiger partial charge >= 0.3 is 0 Å². The summed E-state index contributed by atoms with van der Waals surface area (Å²) in [7, 11) is 1.62. The normalized spacial score (nSPS) is 10.3. The Bertz CT molecular complexity index is 544. The molecule has 0 saturated carbocycles. The zero-order chi connectivity index (χ0) is 14.2. The number of anilines is 1. The molecule has 20 heavy (non-hydrogen) atoms. The van der Waals surface area contributed by atoms with Crippen LogP contribution in [0, 0.1) is 0 Å². The zero-order valence-corrected chi connectivity index (χ0v) is 11.9. The SMILES string of the molecule is CCOCc1ccccc1NCc1cccc(OC)n1. The van der Waals surface area contributed by atoms with Crippen LogP contribution in [0.3, 0.4) is 0 Å². The summed E-state index contributed by atoms with van der Waals surface area (Å²) in [6.07, 6.45) is 0. The Balaban J connectivity index is 2.02. The van der Waals surface area contributed by atoms with Crippen LogP contribution in [0.15, 0.2) is 42.5 Å². The molecule has 106 valence electrons. The lowest BCUT2D eigenvalue weighted by Crippen LogP contribution is -2.05. The van der Waals surface area contributed by atoms with E-state index in [4.69, 9.17) is 9.47 Å². The Morgan fingerprint density at radius 1 is 1.10 bits per heavy atom. The molecule has 0 spiro atoms. The predicted molar refractivity (Wildman–Crippen MR) is 79.9 cm³/mol. The first kappa shape index (κ1) is 14.3. The Labute approximate surface area is 119 Å². The van der Waals surface area contributed by atoms with Gasteiger partial charge < -0.3 is 14.8 Å². The smallest absolute Gasteiger partial charge is 0.213 e. The molecule has 0 atom stereocenters. The highest BCUT2D eigenvalue weighted by Gasteiger charge is 2.02. The molecule has 0 aliphatic heterocycles. The summed E-state index contributed by atoms with van der Waals surface area (Å²) in [6.45, 7) is 3.98. The van der Waals surface area contributed by atoms with Gasteiger partial charge in [0.15, 0.2) is 0 Å². The largest absolute Gasteiger partial charge is 0.481 e. The molecular weight excluding hydrogens is 252 g/mol. The third kappa shape index (κ3) is 3.96. The molecule has 0 unspecified atom stereocenters. The van der Waals surface area contributed by atoms with Gasteiger partial charge in [-0.15, -0.1) is 0 Å². The molecule has 0 bridgehead atoms. The van der Waals surface area contributed by atoms with Gasteiger partial charge in [-0.05, 0) is 19.1 Å². The second kappa shape index (κ2) is 7.50. The van der Waals surface area contributed by atoms with Crippen molar-refractivity contribution in [2.75, 3.05) is 19.0 Å². The number of hydrogen-bond acceptors (Lipinski definition) is 4. The number of nitrogens with zero attached hydrogens (tertiary/aromatic N) is 1. The van der Waals surface area contributed by atoms with Crippen molar-refractivity contribution in [3.63, 3.8) is 0 Å². The Kier molecular flexibility index (Phi) is 5.38. The van der Waals surface area contributed by atoms with Crippen LogP contribution in [-0.4, -0.2) is 18.7 Å². The molecule has 4 nitrogen and oxygen atoms in total. The monoisotopic (exact) mass is 272 g/mol. The molecular formula is C16H20N2O2. The summed E-state index contributed by atoms with van der Waals surface area (Å²) in [4.78, 5) is 4.38. The lowest BCUT2D eigenvalue weighted by Gasteiger charge is -2.12. The number of hydrogen-bond donors (Lipinski definition) is 1. The first-order chi connectivity index (χ1) is 9.83. The second-order valence-electron chi connectivity index (χ2n) is 4.32. The number of para-hydroxylation sites is 1. The average Bonchev–Trinajstić information content (AvgIpc) is 2.52. The van der Waals surface area contributed by atoms with Gasteiger partial charge in [-0.1, -0.05) is 24.3 Å². The number of ether oxygens (including phenoxy) is 2. The van der Waals surface area contributed by atoms with Crippen LogP contribution in [0.25, 0.3) is 0 Å². The molecule has 1 aromatic heterocycles. The van der Waals surface area contributed by atoms with E-state index in [1.807, 2.05) is 37.3 Å². The van der Waals surface area contributed by atoms with E-state index in [0.29, 0.717) is 25.6 Å². The first-order valence-electron chi connectivity index (χ1n) is 6.73. The van der Waals surface area contributed by atoms with E-state index in [1.165, 1.54) is 0 Å². The minimum absolute atomic E-state index is 0.616. The van der Waals surface area contributed by atoms with Crippen LogP contribution < -0.4 is 10.1 Å². The fraction of sp³-hybridized carbons (Fsp3) is 0.312. The predicted octanol–water partition coefficient (Wildman–Crippen LogP) is 3.24. The average molecular weight is 272 g/mol. The Morgan fingerprint density at radius 3 is 2.75 bits per heavy atom. The zero-order valence-electron chi connectivity index (χ0n) is 11.9. The highest BCUT2D eigenvalue weighted by molar-refractivity contribution is 5.50. The summed E-state index contributed by atoms with van der Waals surface area (Å²) < 4.78 is 10.6. The summed E-state index contributed by atoms with van der Waals surface area (Å²) >= 11 is 0. The quantitative estimate of drug-likeness (QED) is 0.840. The van der Waals surface area contributed by atoms with Gasteiger partial charge in [-0.2, -0.15) is 0 Å². The fourth-order valence-corrected chi connectivity index (χ4v) is 1.89. The van der Waals surface area contributed by atoms with E-state index in [2.05, 4.69) is 22.4 Å².